The Morgan fingerprint density at radius 1 is 1.11 bits per heavy atom. The zero-order valence-electron chi connectivity index (χ0n) is 19.2. The van der Waals surface area contributed by atoms with E-state index < -0.39 is 0 Å². The zero-order valence-corrected chi connectivity index (χ0v) is 20.0. The molecule has 8 nitrogen and oxygen atoms in total. The van der Waals surface area contributed by atoms with Gasteiger partial charge >= 0.3 is 0 Å². The van der Waals surface area contributed by atoms with Crippen LogP contribution in [0, 0.1) is 0 Å². The summed E-state index contributed by atoms with van der Waals surface area (Å²) >= 11 is 1.45. The molecule has 2 aromatic carbocycles. The Morgan fingerprint density at radius 2 is 1.94 bits per heavy atom. The van der Waals surface area contributed by atoms with Crippen LogP contribution in [-0.4, -0.2) is 37.7 Å². The number of fused-ring (bicyclic) bond motifs is 1. The van der Waals surface area contributed by atoms with E-state index in [9.17, 15) is 4.79 Å². The predicted molar refractivity (Wildman–Crippen MR) is 136 cm³/mol. The molecular formula is C26H22N6O2S. The smallest absolute Gasteiger partial charge is 0.267 e. The molecule has 1 N–H and O–H groups in total. The van der Waals surface area contributed by atoms with E-state index in [1.807, 2.05) is 55.7 Å². The normalized spacial score (nSPS) is 13.2. The highest BCUT2D eigenvalue weighted by Gasteiger charge is 2.28. The largest absolute Gasteiger partial charge is 0.494 e. The topological polar surface area (TPSA) is 94.8 Å². The van der Waals surface area contributed by atoms with Crippen LogP contribution in [0.4, 0.5) is 5.69 Å². The molecule has 0 radical (unpaired) electrons. The lowest BCUT2D eigenvalue weighted by atomic mass is 10.0. The van der Waals surface area contributed by atoms with E-state index in [2.05, 4.69) is 25.4 Å². The summed E-state index contributed by atoms with van der Waals surface area (Å²) in [6, 6.07) is 13.7. The third-order valence-electron chi connectivity index (χ3n) is 6.01. The second-order valence-electron chi connectivity index (χ2n) is 8.51. The first-order valence-corrected chi connectivity index (χ1v) is 12.1. The summed E-state index contributed by atoms with van der Waals surface area (Å²) in [4.78, 5) is 27.1. The number of hydrogen-bond acceptors (Lipinski definition) is 7. The van der Waals surface area contributed by atoms with Gasteiger partial charge in [0.05, 0.1) is 35.2 Å². The third-order valence-corrected chi connectivity index (χ3v) is 7.17. The third kappa shape index (κ3) is 4.04. The van der Waals surface area contributed by atoms with Crippen LogP contribution < -0.4 is 10.1 Å². The molecule has 0 unspecified atom stereocenters. The van der Waals surface area contributed by atoms with Gasteiger partial charge in [-0.3, -0.25) is 9.48 Å². The van der Waals surface area contributed by atoms with Crippen molar-refractivity contribution < 1.29 is 9.53 Å². The number of aromatic nitrogens is 5. The highest BCUT2D eigenvalue weighted by Crippen LogP contribution is 2.42. The van der Waals surface area contributed by atoms with Gasteiger partial charge in [0.1, 0.15) is 22.6 Å². The zero-order chi connectivity index (χ0) is 23.9. The van der Waals surface area contributed by atoms with Gasteiger partial charge in [0.15, 0.2) is 0 Å². The van der Waals surface area contributed by atoms with Crippen molar-refractivity contribution in [1.29, 1.82) is 0 Å². The van der Waals surface area contributed by atoms with Crippen molar-refractivity contribution in [2.45, 2.75) is 18.8 Å². The number of methoxy groups -OCH3 is 1. The van der Waals surface area contributed by atoms with E-state index in [-0.39, 0.29) is 5.91 Å². The van der Waals surface area contributed by atoms with E-state index in [4.69, 9.17) is 4.74 Å². The maximum absolute atomic E-state index is 13.0. The Labute approximate surface area is 205 Å². The number of carbonyl (C=O) groups excluding carboxylic acids is 1. The molecule has 3 aromatic heterocycles. The summed E-state index contributed by atoms with van der Waals surface area (Å²) in [5.41, 5.74) is 4.69. The number of anilines is 1. The molecule has 3 heterocycles. The number of nitrogens with one attached hydrogen (secondary N) is 1. The van der Waals surface area contributed by atoms with Crippen LogP contribution in [0.5, 0.6) is 5.75 Å². The molecule has 0 atom stereocenters. The van der Waals surface area contributed by atoms with Crippen molar-refractivity contribution in [3.05, 3.63) is 71.1 Å². The van der Waals surface area contributed by atoms with E-state index in [1.54, 1.807) is 18.0 Å². The maximum Gasteiger partial charge on any atom is 0.267 e. The summed E-state index contributed by atoms with van der Waals surface area (Å²) in [5, 5.41) is 9.51. The van der Waals surface area contributed by atoms with Gasteiger partial charge < -0.3 is 10.1 Å². The van der Waals surface area contributed by atoms with E-state index in [1.165, 1.54) is 17.7 Å². The number of ether oxygens (including phenoxy) is 1. The molecule has 1 saturated carbocycles. The molecule has 0 aliphatic heterocycles. The highest BCUT2D eigenvalue weighted by molar-refractivity contribution is 7.13. The number of benzene rings is 2. The van der Waals surface area contributed by atoms with Gasteiger partial charge in [0.25, 0.3) is 5.91 Å². The van der Waals surface area contributed by atoms with E-state index in [0.717, 1.165) is 45.8 Å². The number of nitrogens with zero attached hydrogens (tertiary/aromatic N) is 5. The molecule has 1 fully saturated rings. The van der Waals surface area contributed by atoms with E-state index in [0.29, 0.717) is 27.7 Å². The fraction of sp³-hybridized carbons (Fsp3) is 0.192. The molecule has 0 spiro atoms. The van der Waals surface area contributed by atoms with Crippen LogP contribution in [0.25, 0.3) is 33.4 Å². The van der Waals surface area contributed by atoms with Crippen LogP contribution in [0.2, 0.25) is 0 Å². The quantitative estimate of drug-likeness (QED) is 0.353. The van der Waals surface area contributed by atoms with Crippen LogP contribution in [0.3, 0.4) is 0 Å². The highest BCUT2D eigenvalue weighted by atomic mass is 32.1. The first-order valence-electron chi connectivity index (χ1n) is 11.3. The summed E-state index contributed by atoms with van der Waals surface area (Å²) in [7, 11) is 3.46. The Balaban J connectivity index is 1.43. The van der Waals surface area contributed by atoms with Gasteiger partial charge in [-0.05, 0) is 18.9 Å². The summed E-state index contributed by atoms with van der Waals surface area (Å²) in [6.45, 7) is 0. The Kier molecular flexibility index (Phi) is 5.26. The molecule has 0 bridgehead atoms. The molecule has 35 heavy (non-hydrogen) atoms. The molecule has 5 aromatic rings. The minimum absolute atomic E-state index is 0.211. The van der Waals surface area contributed by atoms with E-state index >= 15 is 0 Å². The van der Waals surface area contributed by atoms with Crippen LogP contribution in [0.15, 0.2) is 61.2 Å². The van der Waals surface area contributed by atoms with Gasteiger partial charge in [-0.15, -0.1) is 11.3 Å². The number of hydrogen-bond donors (Lipinski definition) is 1. The maximum atomic E-state index is 13.0. The number of aryl methyl sites for hydroxylation is 1. The number of carbonyl (C=O) groups is 1. The van der Waals surface area contributed by atoms with Crippen molar-refractivity contribution >= 4 is 33.8 Å². The van der Waals surface area contributed by atoms with Crippen molar-refractivity contribution in [3.63, 3.8) is 0 Å². The van der Waals surface area contributed by atoms with Gasteiger partial charge in [0.2, 0.25) is 0 Å². The number of amides is 1. The second kappa shape index (κ2) is 8.59. The Bertz CT molecular complexity index is 1560. The minimum Gasteiger partial charge on any atom is -0.494 e. The first kappa shape index (κ1) is 21.4. The summed E-state index contributed by atoms with van der Waals surface area (Å²) in [5.74, 6) is 0.823. The first-order chi connectivity index (χ1) is 17.1. The Hall–Kier alpha value is -4.11. The van der Waals surface area contributed by atoms with Crippen molar-refractivity contribution in [1.82, 2.24) is 24.7 Å². The summed E-state index contributed by atoms with van der Waals surface area (Å²) in [6.07, 6.45) is 7.43. The van der Waals surface area contributed by atoms with Crippen molar-refractivity contribution in [2.75, 3.05) is 12.4 Å². The second-order valence-corrected chi connectivity index (χ2v) is 9.58. The van der Waals surface area contributed by atoms with Crippen LogP contribution in [0.1, 0.15) is 33.4 Å². The Morgan fingerprint density at radius 3 is 2.71 bits per heavy atom. The average molecular weight is 483 g/mol. The molecule has 174 valence electrons. The lowest BCUT2D eigenvalue weighted by Gasteiger charge is -2.13. The molecule has 1 aliphatic carbocycles. The van der Waals surface area contributed by atoms with Crippen molar-refractivity contribution in [3.8, 4) is 28.3 Å². The number of rotatable bonds is 6. The standard InChI is InChI=1S/C26H22N6O2S/c1-32-13-18(23(31-32)15-6-4-3-5-7-15)24-17-10-20(21(34-2)11-19(17)28-14-29-24)30-25(33)22-12-27-26(35-22)16-8-9-16/h3-7,10-14,16H,8-9H2,1-2H3,(H,30,33). The summed E-state index contributed by atoms with van der Waals surface area (Å²) < 4.78 is 7.36. The lowest BCUT2D eigenvalue weighted by molar-refractivity contribution is 0.103. The molecular weight excluding hydrogens is 460 g/mol. The van der Waals surface area contributed by atoms with Gasteiger partial charge in [0, 0.05) is 41.7 Å². The van der Waals surface area contributed by atoms with Gasteiger partial charge in [-0.25, -0.2) is 15.0 Å². The molecule has 1 amide bonds. The number of thiazole rings is 1. The monoisotopic (exact) mass is 482 g/mol. The average Bonchev–Trinajstić information content (AvgIpc) is 3.47. The van der Waals surface area contributed by atoms with Crippen molar-refractivity contribution in [2.24, 2.45) is 7.05 Å². The fourth-order valence-electron chi connectivity index (χ4n) is 4.13. The predicted octanol–water partition coefficient (Wildman–Crippen LogP) is 5.29. The molecule has 1 aliphatic rings. The van der Waals surface area contributed by atoms with Gasteiger partial charge in [-0.1, -0.05) is 30.3 Å². The van der Waals surface area contributed by atoms with Crippen LogP contribution in [-0.2, 0) is 7.05 Å². The fourth-order valence-corrected chi connectivity index (χ4v) is 5.11. The lowest BCUT2D eigenvalue weighted by Crippen LogP contribution is -2.11. The minimum atomic E-state index is -0.211. The SMILES string of the molecule is COc1cc2ncnc(-c3cn(C)nc3-c3ccccc3)c2cc1NC(=O)c1cnc(C2CC2)s1. The van der Waals surface area contributed by atoms with Gasteiger partial charge in [-0.2, -0.15) is 5.10 Å². The van der Waals surface area contributed by atoms with Crippen LogP contribution >= 0.6 is 11.3 Å². The molecule has 9 heteroatoms. The molecule has 6 rings (SSSR count). The molecule has 0 saturated heterocycles.